The maximum atomic E-state index is 12.3. The highest BCUT2D eigenvalue weighted by atomic mass is 32.2. The van der Waals surface area contributed by atoms with Crippen LogP contribution in [0.4, 0.5) is 11.5 Å². The quantitative estimate of drug-likeness (QED) is 0.841. The number of benzene rings is 1. The summed E-state index contributed by atoms with van der Waals surface area (Å²) in [5.74, 6) is 0.332. The van der Waals surface area contributed by atoms with Crippen LogP contribution in [0.2, 0.25) is 0 Å². The zero-order valence-electron chi connectivity index (χ0n) is 10.7. The Labute approximate surface area is 112 Å². The topological polar surface area (TPSA) is 85.1 Å². The second kappa shape index (κ2) is 4.89. The molecular weight excluding hydrogens is 262 g/mol. The standard InChI is InChI=1S/C13H15N3O2S/c1-9-4-3-7-15-13(9)16-19(17,18)12-6-5-11(14)8-10(12)2/h3-8H,14H2,1-2H3,(H,15,16). The Morgan fingerprint density at radius 3 is 2.53 bits per heavy atom. The predicted octanol–water partition coefficient (Wildman–Crippen LogP) is 2.08. The molecule has 1 aromatic carbocycles. The van der Waals surface area contributed by atoms with Crippen molar-refractivity contribution in [3.05, 3.63) is 47.7 Å². The van der Waals surface area contributed by atoms with Crippen molar-refractivity contribution >= 4 is 21.5 Å². The third-order valence-electron chi connectivity index (χ3n) is 2.73. The van der Waals surface area contributed by atoms with Crippen LogP contribution < -0.4 is 10.5 Å². The molecule has 0 unspecified atom stereocenters. The largest absolute Gasteiger partial charge is 0.399 e. The van der Waals surface area contributed by atoms with Crippen molar-refractivity contribution in [3.8, 4) is 0 Å². The van der Waals surface area contributed by atoms with Crippen molar-refractivity contribution in [1.29, 1.82) is 0 Å². The molecule has 100 valence electrons. The van der Waals surface area contributed by atoms with Crippen LogP contribution in [-0.2, 0) is 10.0 Å². The van der Waals surface area contributed by atoms with Gasteiger partial charge in [-0.05, 0) is 49.2 Å². The second-order valence-electron chi connectivity index (χ2n) is 4.30. The molecule has 2 rings (SSSR count). The van der Waals surface area contributed by atoms with Gasteiger partial charge in [0.05, 0.1) is 4.90 Å². The highest BCUT2D eigenvalue weighted by molar-refractivity contribution is 7.92. The van der Waals surface area contributed by atoms with E-state index < -0.39 is 10.0 Å². The summed E-state index contributed by atoms with van der Waals surface area (Å²) in [6.45, 7) is 3.50. The fourth-order valence-corrected chi connectivity index (χ4v) is 3.06. The number of nitrogens with two attached hydrogens (primary N) is 1. The zero-order valence-corrected chi connectivity index (χ0v) is 11.5. The zero-order chi connectivity index (χ0) is 14.0. The molecule has 0 aliphatic carbocycles. The van der Waals surface area contributed by atoms with Crippen molar-refractivity contribution in [1.82, 2.24) is 4.98 Å². The van der Waals surface area contributed by atoms with Gasteiger partial charge in [0, 0.05) is 11.9 Å². The molecule has 5 nitrogen and oxygen atoms in total. The smallest absolute Gasteiger partial charge is 0.263 e. The Kier molecular flexibility index (Phi) is 3.44. The molecular formula is C13H15N3O2S. The number of anilines is 2. The van der Waals surface area contributed by atoms with Crippen molar-refractivity contribution in [3.63, 3.8) is 0 Å². The van der Waals surface area contributed by atoms with Gasteiger partial charge in [-0.25, -0.2) is 13.4 Å². The van der Waals surface area contributed by atoms with Gasteiger partial charge in [-0.3, -0.25) is 4.72 Å². The van der Waals surface area contributed by atoms with Crippen LogP contribution in [0.3, 0.4) is 0 Å². The Morgan fingerprint density at radius 2 is 1.89 bits per heavy atom. The third-order valence-corrected chi connectivity index (χ3v) is 4.23. The van der Waals surface area contributed by atoms with Gasteiger partial charge in [0.15, 0.2) is 0 Å². The highest BCUT2D eigenvalue weighted by Gasteiger charge is 2.18. The van der Waals surface area contributed by atoms with Crippen LogP contribution in [0, 0.1) is 13.8 Å². The van der Waals surface area contributed by atoms with Crippen LogP contribution in [0.15, 0.2) is 41.4 Å². The summed E-state index contributed by atoms with van der Waals surface area (Å²) in [5.41, 5.74) is 7.51. The predicted molar refractivity (Wildman–Crippen MR) is 75.4 cm³/mol. The molecule has 0 saturated carbocycles. The van der Waals surface area contributed by atoms with E-state index in [2.05, 4.69) is 9.71 Å². The van der Waals surface area contributed by atoms with Crippen molar-refractivity contribution in [2.24, 2.45) is 0 Å². The minimum absolute atomic E-state index is 0.201. The van der Waals surface area contributed by atoms with Crippen LogP contribution in [0.1, 0.15) is 11.1 Å². The molecule has 0 aliphatic rings. The SMILES string of the molecule is Cc1cc(N)ccc1S(=O)(=O)Nc1ncccc1C. The van der Waals surface area contributed by atoms with E-state index >= 15 is 0 Å². The fraction of sp³-hybridized carbons (Fsp3) is 0.154. The van der Waals surface area contributed by atoms with Gasteiger partial charge >= 0.3 is 0 Å². The number of rotatable bonds is 3. The third kappa shape index (κ3) is 2.85. The average Bonchev–Trinajstić information content (AvgIpc) is 2.31. The molecule has 0 radical (unpaired) electrons. The van der Waals surface area contributed by atoms with Crippen molar-refractivity contribution in [2.45, 2.75) is 18.7 Å². The molecule has 1 heterocycles. The van der Waals surface area contributed by atoms with E-state index in [-0.39, 0.29) is 4.90 Å². The number of hydrogen-bond acceptors (Lipinski definition) is 4. The number of aryl methyl sites for hydroxylation is 2. The van der Waals surface area contributed by atoms with Crippen molar-refractivity contribution < 1.29 is 8.42 Å². The van der Waals surface area contributed by atoms with E-state index in [9.17, 15) is 8.42 Å². The molecule has 0 bridgehead atoms. The second-order valence-corrected chi connectivity index (χ2v) is 5.95. The number of nitrogen functional groups attached to an aromatic ring is 1. The van der Waals surface area contributed by atoms with Crippen LogP contribution >= 0.6 is 0 Å². The number of aromatic nitrogens is 1. The van der Waals surface area contributed by atoms with E-state index in [0.29, 0.717) is 17.1 Å². The molecule has 2 aromatic rings. The number of hydrogen-bond donors (Lipinski definition) is 2. The summed E-state index contributed by atoms with van der Waals surface area (Å²) in [6.07, 6.45) is 1.54. The summed E-state index contributed by atoms with van der Waals surface area (Å²) < 4.78 is 27.1. The minimum atomic E-state index is -3.65. The van der Waals surface area contributed by atoms with E-state index in [0.717, 1.165) is 5.56 Å². The highest BCUT2D eigenvalue weighted by Crippen LogP contribution is 2.21. The lowest BCUT2D eigenvalue weighted by Gasteiger charge is -2.11. The summed E-state index contributed by atoms with van der Waals surface area (Å²) in [6, 6.07) is 8.22. The number of sulfonamides is 1. The first kappa shape index (κ1) is 13.4. The number of pyridine rings is 1. The Morgan fingerprint density at radius 1 is 1.16 bits per heavy atom. The lowest BCUT2D eigenvalue weighted by atomic mass is 10.2. The van der Waals surface area contributed by atoms with Crippen LogP contribution in [0.5, 0.6) is 0 Å². The molecule has 6 heteroatoms. The first-order valence-corrected chi connectivity index (χ1v) is 7.19. The molecule has 0 amide bonds. The van der Waals surface area contributed by atoms with E-state index in [1.165, 1.54) is 6.07 Å². The molecule has 0 atom stereocenters. The monoisotopic (exact) mass is 277 g/mol. The molecule has 3 N–H and O–H groups in total. The Hall–Kier alpha value is -2.08. The lowest BCUT2D eigenvalue weighted by Crippen LogP contribution is -2.16. The fourth-order valence-electron chi connectivity index (χ4n) is 1.75. The molecule has 0 aliphatic heterocycles. The van der Waals surface area contributed by atoms with Gasteiger partial charge in [-0.1, -0.05) is 6.07 Å². The van der Waals surface area contributed by atoms with Crippen LogP contribution in [-0.4, -0.2) is 13.4 Å². The van der Waals surface area contributed by atoms with Crippen molar-refractivity contribution in [2.75, 3.05) is 10.5 Å². The van der Waals surface area contributed by atoms with Gasteiger partial charge < -0.3 is 5.73 Å². The van der Waals surface area contributed by atoms with Gasteiger partial charge in [-0.15, -0.1) is 0 Å². The molecule has 19 heavy (non-hydrogen) atoms. The average molecular weight is 277 g/mol. The molecule has 0 fully saturated rings. The Balaban J connectivity index is 2.41. The summed E-state index contributed by atoms with van der Waals surface area (Å²) in [4.78, 5) is 4.22. The minimum Gasteiger partial charge on any atom is -0.399 e. The maximum absolute atomic E-state index is 12.3. The first-order chi connectivity index (χ1) is 8.90. The summed E-state index contributed by atoms with van der Waals surface area (Å²) >= 11 is 0. The lowest BCUT2D eigenvalue weighted by molar-refractivity contribution is 0.600. The Bertz CT molecular complexity index is 712. The molecule has 0 spiro atoms. The maximum Gasteiger partial charge on any atom is 0.263 e. The van der Waals surface area contributed by atoms with Crippen LogP contribution in [0.25, 0.3) is 0 Å². The normalized spacial score (nSPS) is 11.3. The van der Waals surface area contributed by atoms with Gasteiger partial charge in [0.1, 0.15) is 5.82 Å². The first-order valence-electron chi connectivity index (χ1n) is 5.71. The van der Waals surface area contributed by atoms with Gasteiger partial charge in [-0.2, -0.15) is 0 Å². The van der Waals surface area contributed by atoms with E-state index in [4.69, 9.17) is 5.73 Å². The van der Waals surface area contributed by atoms with E-state index in [1.807, 2.05) is 0 Å². The number of nitrogens with zero attached hydrogens (tertiary/aromatic N) is 1. The molecule has 0 saturated heterocycles. The summed E-state index contributed by atoms with van der Waals surface area (Å²) in [5, 5.41) is 0. The summed E-state index contributed by atoms with van der Waals surface area (Å²) in [7, 11) is -3.65. The molecule has 1 aromatic heterocycles. The van der Waals surface area contributed by atoms with Gasteiger partial charge in [0.25, 0.3) is 10.0 Å². The number of nitrogens with one attached hydrogen (secondary N) is 1. The van der Waals surface area contributed by atoms with Gasteiger partial charge in [0.2, 0.25) is 0 Å². The van der Waals surface area contributed by atoms with E-state index in [1.54, 1.807) is 44.3 Å².